The van der Waals surface area contributed by atoms with Crippen LogP contribution in [0.2, 0.25) is 0 Å². The van der Waals surface area contributed by atoms with Gasteiger partial charge in [-0.1, -0.05) is 6.07 Å². The Balaban J connectivity index is 1.65. The lowest BCUT2D eigenvalue weighted by atomic mass is 10.1. The van der Waals surface area contributed by atoms with Crippen LogP contribution >= 0.6 is 0 Å². The maximum atomic E-state index is 14.0. The highest BCUT2D eigenvalue weighted by atomic mass is 19.1. The second-order valence-corrected chi connectivity index (χ2v) is 6.50. The second kappa shape index (κ2) is 7.98. The van der Waals surface area contributed by atoms with Crippen molar-refractivity contribution in [1.82, 2.24) is 9.78 Å². The average molecular weight is 386 g/mol. The number of aromatic nitrogens is 2. The zero-order valence-electron chi connectivity index (χ0n) is 15.4. The fourth-order valence-corrected chi connectivity index (χ4v) is 3.25. The molecule has 1 saturated heterocycles. The number of nitrogens with zero attached hydrogens (tertiary/aromatic N) is 2. The van der Waals surface area contributed by atoms with Gasteiger partial charge in [0, 0.05) is 23.7 Å². The van der Waals surface area contributed by atoms with E-state index < -0.39 is 11.6 Å². The fraction of sp³-hybridized carbons (Fsp3) is 0.286. The molecular weight excluding hydrogens is 366 g/mol. The number of rotatable bonds is 6. The monoisotopic (exact) mass is 386 g/mol. The Morgan fingerprint density at radius 1 is 1.14 bits per heavy atom. The number of hydrogen-bond acceptors (Lipinski definition) is 4. The molecule has 0 amide bonds. The van der Waals surface area contributed by atoms with Crippen LogP contribution in [-0.2, 0) is 11.3 Å². The Kier molecular flexibility index (Phi) is 5.25. The van der Waals surface area contributed by atoms with Crippen molar-refractivity contribution in [3.05, 3.63) is 65.9 Å². The molecule has 0 bridgehead atoms. The van der Waals surface area contributed by atoms with Crippen LogP contribution in [-0.4, -0.2) is 29.8 Å². The molecule has 146 valence electrons. The van der Waals surface area contributed by atoms with Gasteiger partial charge in [-0.2, -0.15) is 5.10 Å². The van der Waals surface area contributed by atoms with Gasteiger partial charge in [0.15, 0.2) is 17.8 Å². The van der Waals surface area contributed by atoms with Gasteiger partial charge in [0.05, 0.1) is 26.0 Å². The van der Waals surface area contributed by atoms with E-state index in [1.165, 1.54) is 18.2 Å². The van der Waals surface area contributed by atoms with Gasteiger partial charge in [0.1, 0.15) is 11.6 Å². The highest BCUT2D eigenvalue weighted by Gasteiger charge is 2.20. The average Bonchev–Trinajstić information content (AvgIpc) is 3.37. The van der Waals surface area contributed by atoms with Gasteiger partial charge in [0.25, 0.3) is 0 Å². The Bertz CT molecular complexity index is 948. The number of methoxy groups -OCH3 is 1. The van der Waals surface area contributed by atoms with Crippen LogP contribution in [0.4, 0.5) is 8.78 Å². The Labute approximate surface area is 161 Å². The van der Waals surface area contributed by atoms with Crippen molar-refractivity contribution >= 4 is 0 Å². The first-order valence-electron chi connectivity index (χ1n) is 9.07. The summed E-state index contributed by atoms with van der Waals surface area (Å²) in [5.74, 6) is -0.0562. The molecule has 2 heterocycles. The van der Waals surface area contributed by atoms with Crippen LogP contribution in [0, 0.1) is 11.6 Å². The van der Waals surface area contributed by atoms with E-state index in [0.717, 1.165) is 18.4 Å². The summed E-state index contributed by atoms with van der Waals surface area (Å²) in [4.78, 5) is 0. The van der Waals surface area contributed by atoms with Crippen molar-refractivity contribution < 1.29 is 23.0 Å². The van der Waals surface area contributed by atoms with Gasteiger partial charge in [-0.3, -0.25) is 4.68 Å². The van der Waals surface area contributed by atoms with E-state index in [4.69, 9.17) is 14.2 Å². The standard InChI is InChI=1S/C21H20F2N2O3/c1-26-19-8-7-14(12-20(19)28-21-6-3-11-27-21)18-9-10-24-25(18)13-15-16(22)4-2-5-17(15)23/h2,4-5,7-10,12,21H,3,6,11,13H2,1H3. The third kappa shape index (κ3) is 3.71. The van der Waals surface area contributed by atoms with Gasteiger partial charge < -0.3 is 14.2 Å². The molecule has 0 N–H and O–H groups in total. The second-order valence-electron chi connectivity index (χ2n) is 6.50. The summed E-state index contributed by atoms with van der Waals surface area (Å²) in [6.45, 7) is 0.655. The first-order chi connectivity index (χ1) is 13.7. The predicted molar refractivity (Wildman–Crippen MR) is 99.3 cm³/mol. The molecule has 0 spiro atoms. The highest BCUT2D eigenvalue weighted by Crippen LogP contribution is 2.34. The number of hydrogen-bond donors (Lipinski definition) is 0. The highest BCUT2D eigenvalue weighted by molar-refractivity contribution is 5.64. The normalized spacial score (nSPS) is 16.3. The van der Waals surface area contributed by atoms with Gasteiger partial charge in [0.2, 0.25) is 0 Å². The molecule has 3 aromatic rings. The van der Waals surface area contributed by atoms with E-state index in [-0.39, 0.29) is 18.4 Å². The summed E-state index contributed by atoms with van der Waals surface area (Å²) in [5, 5.41) is 4.23. The lowest BCUT2D eigenvalue weighted by Crippen LogP contribution is -2.14. The predicted octanol–water partition coefficient (Wildman–Crippen LogP) is 4.40. The largest absolute Gasteiger partial charge is 0.493 e. The summed E-state index contributed by atoms with van der Waals surface area (Å²) in [6, 6.07) is 11.1. The fourth-order valence-electron chi connectivity index (χ4n) is 3.25. The maximum Gasteiger partial charge on any atom is 0.200 e. The van der Waals surface area contributed by atoms with Crippen LogP contribution in [0.25, 0.3) is 11.3 Å². The SMILES string of the molecule is COc1ccc(-c2ccnn2Cc2c(F)cccc2F)cc1OC1CCCO1. The van der Waals surface area contributed by atoms with Crippen molar-refractivity contribution in [2.75, 3.05) is 13.7 Å². The Morgan fingerprint density at radius 2 is 1.96 bits per heavy atom. The summed E-state index contributed by atoms with van der Waals surface area (Å²) in [5.41, 5.74) is 1.47. The summed E-state index contributed by atoms with van der Waals surface area (Å²) in [6.07, 6.45) is 3.06. The van der Waals surface area contributed by atoms with E-state index in [1.807, 2.05) is 12.1 Å². The molecule has 1 fully saturated rings. The molecule has 1 unspecified atom stereocenters. The van der Waals surface area contributed by atoms with Crippen LogP contribution in [0.5, 0.6) is 11.5 Å². The van der Waals surface area contributed by atoms with Crippen molar-refractivity contribution in [3.8, 4) is 22.8 Å². The topological polar surface area (TPSA) is 45.5 Å². The summed E-state index contributed by atoms with van der Waals surface area (Å²) >= 11 is 0. The van der Waals surface area contributed by atoms with Crippen molar-refractivity contribution in [2.45, 2.75) is 25.7 Å². The van der Waals surface area contributed by atoms with Gasteiger partial charge in [-0.25, -0.2) is 8.78 Å². The lowest BCUT2D eigenvalue weighted by molar-refractivity contribution is -0.0402. The van der Waals surface area contributed by atoms with E-state index in [2.05, 4.69) is 5.10 Å². The zero-order valence-corrected chi connectivity index (χ0v) is 15.4. The molecule has 1 aliphatic heterocycles. The van der Waals surface area contributed by atoms with Crippen LogP contribution in [0.3, 0.4) is 0 Å². The van der Waals surface area contributed by atoms with E-state index >= 15 is 0 Å². The number of ether oxygens (including phenoxy) is 3. The maximum absolute atomic E-state index is 14.0. The molecular formula is C21H20F2N2O3. The van der Waals surface area contributed by atoms with E-state index in [9.17, 15) is 8.78 Å². The first kappa shape index (κ1) is 18.4. The third-order valence-corrected chi connectivity index (χ3v) is 4.69. The molecule has 0 radical (unpaired) electrons. The molecule has 4 rings (SSSR count). The lowest BCUT2D eigenvalue weighted by Gasteiger charge is -2.17. The first-order valence-corrected chi connectivity index (χ1v) is 9.07. The van der Waals surface area contributed by atoms with Crippen molar-refractivity contribution in [3.63, 3.8) is 0 Å². The molecule has 7 heteroatoms. The number of benzene rings is 2. The Hall–Kier alpha value is -2.93. The number of halogens is 2. The van der Waals surface area contributed by atoms with E-state index in [1.54, 1.807) is 30.1 Å². The van der Waals surface area contributed by atoms with E-state index in [0.29, 0.717) is 23.8 Å². The smallest absolute Gasteiger partial charge is 0.200 e. The minimum absolute atomic E-state index is 0.0191. The molecule has 28 heavy (non-hydrogen) atoms. The third-order valence-electron chi connectivity index (χ3n) is 4.69. The Morgan fingerprint density at radius 3 is 2.68 bits per heavy atom. The van der Waals surface area contributed by atoms with Crippen LogP contribution in [0.1, 0.15) is 18.4 Å². The molecule has 1 aromatic heterocycles. The van der Waals surface area contributed by atoms with Crippen LogP contribution < -0.4 is 9.47 Å². The van der Waals surface area contributed by atoms with Gasteiger partial charge >= 0.3 is 0 Å². The minimum Gasteiger partial charge on any atom is -0.493 e. The van der Waals surface area contributed by atoms with Crippen molar-refractivity contribution in [2.24, 2.45) is 0 Å². The molecule has 2 aromatic carbocycles. The minimum atomic E-state index is -0.599. The molecule has 0 saturated carbocycles. The summed E-state index contributed by atoms with van der Waals surface area (Å²) < 4.78 is 46.5. The van der Waals surface area contributed by atoms with Crippen molar-refractivity contribution in [1.29, 1.82) is 0 Å². The van der Waals surface area contributed by atoms with Gasteiger partial charge in [-0.15, -0.1) is 0 Å². The van der Waals surface area contributed by atoms with Crippen LogP contribution in [0.15, 0.2) is 48.7 Å². The zero-order chi connectivity index (χ0) is 19.5. The van der Waals surface area contributed by atoms with Gasteiger partial charge in [-0.05, 0) is 42.8 Å². The summed E-state index contributed by atoms with van der Waals surface area (Å²) in [7, 11) is 1.57. The molecule has 0 aliphatic carbocycles. The quantitative estimate of drug-likeness (QED) is 0.630. The molecule has 1 aliphatic rings. The molecule has 1 atom stereocenters. The molecule has 5 nitrogen and oxygen atoms in total.